The second-order valence-corrected chi connectivity index (χ2v) is 6.11. The van der Waals surface area contributed by atoms with Crippen molar-refractivity contribution in [3.05, 3.63) is 108 Å². The predicted octanol–water partition coefficient (Wildman–Crippen LogP) is 5.41. The van der Waals surface area contributed by atoms with Crippen LogP contribution in [0.4, 0.5) is 0 Å². The molecule has 0 bridgehead atoms. The molecule has 0 amide bonds. The topological polar surface area (TPSA) is 37.3 Å². The van der Waals surface area contributed by atoms with Crippen molar-refractivity contribution in [2.24, 2.45) is 0 Å². The van der Waals surface area contributed by atoms with Crippen LogP contribution in [0.3, 0.4) is 0 Å². The molecular weight excluding hydrogens is 308 g/mol. The molecule has 25 heavy (non-hydrogen) atoms. The molecule has 1 atom stereocenters. The molecule has 0 fully saturated rings. The van der Waals surface area contributed by atoms with Crippen molar-refractivity contribution in [1.29, 1.82) is 0 Å². The summed E-state index contributed by atoms with van der Waals surface area (Å²) < 4.78 is 0. The van der Waals surface area contributed by atoms with Gasteiger partial charge in [-0.3, -0.25) is 4.79 Å². The number of hydrogen-bond acceptors (Lipinski definition) is 2. The van der Waals surface area contributed by atoms with Crippen LogP contribution in [0.15, 0.2) is 91.0 Å². The third-order valence-corrected chi connectivity index (χ3v) is 3.89. The van der Waals surface area contributed by atoms with E-state index >= 15 is 0 Å². The van der Waals surface area contributed by atoms with Gasteiger partial charge in [0.05, 0.1) is 0 Å². The molecule has 0 radical (unpaired) electrons. The summed E-state index contributed by atoms with van der Waals surface area (Å²) in [5.74, 6) is 0.387. The van der Waals surface area contributed by atoms with Gasteiger partial charge in [-0.25, -0.2) is 0 Å². The molecule has 3 aromatic carbocycles. The number of Topliss-reactive ketones (excluding diaryl/α,β-unsaturated/α-hetero) is 1. The molecule has 0 saturated heterocycles. The van der Waals surface area contributed by atoms with Crippen LogP contribution in [0.2, 0.25) is 0 Å². The summed E-state index contributed by atoms with van der Waals surface area (Å²) in [7, 11) is 0. The average molecular weight is 332 g/mol. The zero-order valence-corrected chi connectivity index (χ0v) is 14.7. The SMILES string of the molecule is CC(C)c1ccccc1.O=C(c1ccccc1)C(O)c1ccccc1. The van der Waals surface area contributed by atoms with Crippen molar-refractivity contribution in [3.63, 3.8) is 0 Å². The molecule has 0 saturated carbocycles. The Morgan fingerprint density at radius 1 is 0.680 bits per heavy atom. The van der Waals surface area contributed by atoms with Crippen LogP contribution in [-0.4, -0.2) is 10.9 Å². The second kappa shape index (κ2) is 9.55. The molecule has 0 spiro atoms. The first-order valence-corrected chi connectivity index (χ1v) is 8.47. The maximum absolute atomic E-state index is 11.9. The molecular formula is C23H24O2. The number of aliphatic hydroxyl groups excluding tert-OH is 1. The van der Waals surface area contributed by atoms with Crippen LogP contribution in [0.25, 0.3) is 0 Å². The van der Waals surface area contributed by atoms with Crippen molar-refractivity contribution >= 4 is 5.78 Å². The maximum Gasteiger partial charge on any atom is 0.195 e. The molecule has 0 aliphatic heterocycles. The van der Waals surface area contributed by atoms with E-state index in [-0.39, 0.29) is 5.78 Å². The monoisotopic (exact) mass is 332 g/mol. The van der Waals surface area contributed by atoms with Gasteiger partial charge in [-0.05, 0) is 17.0 Å². The molecule has 3 aromatic rings. The molecule has 128 valence electrons. The van der Waals surface area contributed by atoms with Crippen LogP contribution in [0, 0.1) is 0 Å². The van der Waals surface area contributed by atoms with Crippen LogP contribution in [-0.2, 0) is 0 Å². The first kappa shape index (κ1) is 18.6. The lowest BCUT2D eigenvalue weighted by molar-refractivity contribution is 0.0747. The van der Waals surface area contributed by atoms with Crippen molar-refractivity contribution < 1.29 is 9.90 Å². The highest BCUT2D eigenvalue weighted by Gasteiger charge is 2.18. The number of carbonyl (C=O) groups excluding carboxylic acids is 1. The van der Waals surface area contributed by atoms with E-state index in [0.29, 0.717) is 17.0 Å². The van der Waals surface area contributed by atoms with Gasteiger partial charge in [-0.1, -0.05) is 105 Å². The van der Waals surface area contributed by atoms with Crippen LogP contribution in [0.5, 0.6) is 0 Å². The minimum Gasteiger partial charge on any atom is -0.380 e. The third-order valence-electron chi connectivity index (χ3n) is 3.89. The first-order valence-electron chi connectivity index (χ1n) is 8.47. The Balaban J connectivity index is 0.000000212. The summed E-state index contributed by atoms with van der Waals surface area (Å²) in [5, 5.41) is 9.89. The minimum absolute atomic E-state index is 0.271. The van der Waals surface area contributed by atoms with E-state index in [1.54, 1.807) is 48.5 Å². The number of aliphatic hydroxyl groups is 1. The fourth-order valence-corrected chi connectivity index (χ4v) is 2.38. The Labute approximate surface area is 149 Å². The summed E-state index contributed by atoms with van der Waals surface area (Å²) in [6.45, 7) is 4.41. The Kier molecular flexibility index (Phi) is 7.12. The van der Waals surface area contributed by atoms with Gasteiger partial charge in [0.1, 0.15) is 6.10 Å². The zero-order chi connectivity index (χ0) is 18.1. The van der Waals surface area contributed by atoms with Gasteiger partial charge in [0.15, 0.2) is 5.78 Å². The standard InChI is InChI=1S/C14H12O2.C9H12/c15-13(11-7-3-1-4-8-11)14(16)12-9-5-2-6-10-12;1-8(2)9-6-4-3-5-7-9/h1-10,13,15H;3-8H,1-2H3. The molecule has 1 N–H and O–H groups in total. The van der Waals surface area contributed by atoms with Gasteiger partial charge in [-0.2, -0.15) is 0 Å². The van der Waals surface area contributed by atoms with Gasteiger partial charge in [0.25, 0.3) is 0 Å². The third kappa shape index (κ3) is 5.70. The number of carbonyl (C=O) groups is 1. The molecule has 0 aromatic heterocycles. The van der Waals surface area contributed by atoms with Gasteiger partial charge in [-0.15, -0.1) is 0 Å². The normalized spacial score (nSPS) is 11.4. The lowest BCUT2D eigenvalue weighted by Crippen LogP contribution is -2.11. The highest BCUT2D eigenvalue weighted by atomic mass is 16.3. The fraction of sp³-hybridized carbons (Fsp3) is 0.174. The largest absolute Gasteiger partial charge is 0.380 e. The van der Waals surface area contributed by atoms with E-state index < -0.39 is 6.10 Å². The van der Waals surface area contributed by atoms with E-state index in [9.17, 15) is 9.90 Å². The first-order chi connectivity index (χ1) is 12.1. The molecule has 3 rings (SSSR count). The quantitative estimate of drug-likeness (QED) is 0.648. The maximum atomic E-state index is 11.9. The van der Waals surface area contributed by atoms with Gasteiger partial charge in [0, 0.05) is 5.56 Å². The summed E-state index contributed by atoms with van der Waals surface area (Å²) >= 11 is 0. The van der Waals surface area contributed by atoms with E-state index in [1.165, 1.54) is 5.56 Å². The lowest BCUT2D eigenvalue weighted by atomic mass is 10.0. The Morgan fingerprint density at radius 2 is 1.08 bits per heavy atom. The number of benzene rings is 3. The molecule has 1 unspecified atom stereocenters. The summed E-state index contributed by atoms with van der Waals surface area (Å²) in [6.07, 6.45) is -1.08. The molecule has 2 nitrogen and oxygen atoms in total. The number of ketones is 1. The highest BCUT2D eigenvalue weighted by molar-refractivity contribution is 5.99. The summed E-state index contributed by atoms with van der Waals surface area (Å²) in [5.41, 5.74) is 2.56. The van der Waals surface area contributed by atoms with E-state index in [1.807, 2.05) is 18.2 Å². The van der Waals surface area contributed by atoms with Crippen molar-refractivity contribution in [1.82, 2.24) is 0 Å². The minimum atomic E-state index is -1.08. The summed E-state index contributed by atoms with van der Waals surface area (Å²) in [4.78, 5) is 11.9. The highest BCUT2D eigenvalue weighted by Crippen LogP contribution is 2.17. The van der Waals surface area contributed by atoms with E-state index in [4.69, 9.17) is 0 Å². The number of hydrogen-bond donors (Lipinski definition) is 1. The zero-order valence-electron chi connectivity index (χ0n) is 14.7. The Bertz CT molecular complexity index is 750. The van der Waals surface area contributed by atoms with E-state index in [0.717, 1.165) is 0 Å². The van der Waals surface area contributed by atoms with Crippen molar-refractivity contribution in [3.8, 4) is 0 Å². The van der Waals surface area contributed by atoms with Crippen molar-refractivity contribution in [2.45, 2.75) is 25.9 Å². The molecule has 0 aliphatic carbocycles. The lowest BCUT2D eigenvalue weighted by Gasteiger charge is -2.09. The Hall–Kier alpha value is -2.71. The van der Waals surface area contributed by atoms with Crippen LogP contribution < -0.4 is 0 Å². The van der Waals surface area contributed by atoms with E-state index in [2.05, 4.69) is 38.1 Å². The summed E-state index contributed by atoms with van der Waals surface area (Å²) in [6, 6.07) is 28.3. The second-order valence-electron chi connectivity index (χ2n) is 6.11. The van der Waals surface area contributed by atoms with Gasteiger partial charge >= 0.3 is 0 Å². The van der Waals surface area contributed by atoms with Crippen LogP contribution >= 0.6 is 0 Å². The van der Waals surface area contributed by atoms with Crippen LogP contribution in [0.1, 0.15) is 47.4 Å². The molecule has 0 aliphatic rings. The average Bonchev–Trinajstić information content (AvgIpc) is 2.69. The van der Waals surface area contributed by atoms with Gasteiger partial charge < -0.3 is 5.11 Å². The number of rotatable bonds is 4. The van der Waals surface area contributed by atoms with Crippen molar-refractivity contribution in [2.75, 3.05) is 0 Å². The molecule has 0 heterocycles. The smallest absolute Gasteiger partial charge is 0.195 e. The van der Waals surface area contributed by atoms with Gasteiger partial charge in [0.2, 0.25) is 0 Å². The Morgan fingerprint density at radius 3 is 1.48 bits per heavy atom. The fourth-order valence-electron chi connectivity index (χ4n) is 2.38. The predicted molar refractivity (Wildman–Crippen MR) is 103 cm³/mol. The molecule has 2 heteroatoms.